The summed E-state index contributed by atoms with van der Waals surface area (Å²) in [6.07, 6.45) is 4.84. The normalized spacial score (nSPS) is 14.4. The van der Waals surface area contributed by atoms with Crippen molar-refractivity contribution >= 4 is 17.3 Å². The van der Waals surface area contributed by atoms with Crippen LogP contribution in [0.4, 0.5) is 11.4 Å². The van der Waals surface area contributed by atoms with Crippen LogP contribution in [0.1, 0.15) is 36.0 Å². The smallest absolute Gasteiger partial charge is 0.255 e. The molecular formula is C19H22N2O3. The molecule has 0 spiro atoms. The number of nitrogens with one attached hydrogen (secondary N) is 1. The molecule has 24 heavy (non-hydrogen) atoms. The molecule has 0 aliphatic heterocycles. The molecule has 1 aliphatic carbocycles. The number of hydrogen-bond donors (Lipinski definition) is 2. The van der Waals surface area contributed by atoms with E-state index in [-0.39, 0.29) is 12.0 Å². The molecule has 1 aliphatic rings. The maximum Gasteiger partial charge on any atom is 0.255 e. The van der Waals surface area contributed by atoms with Gasteiger partial charge in [-0.15, -0.1) is 0 Å². The van der Waals surface area contributed by atoms with Crippen LogP contribution in [0.3, 0.4) is 0 Å². The molecule has 0 aromatic heterocycles. The molecule has 0 saturated heterocycles. The quantitative estimate of drug-likeness (QED) is 0.819. The molecule has 2 aromatic rings. The number of ether oxygens (including phenoxy) is 2. The zero-order valence-corrected chi connectivity index (χ0v) is 13.7. The van der Waals surface area contributed by atoms with E-state index in [2.05, 4.69) is 5.32 Å². The average molecular weight is 326 g/mol. The highest BCUT2D eigenvalue weighted by Gasteiger charge is 2.17. The van der Waals surface area contributed by atoms with E-state index in [1.165, 1.54) is 12.8 Å². The lowest BCUT2D eigenvalue weighted by atomic mass is 10.2. The highest BCUT2D eigenvalue weighted by molar-refractivity contribution is 6.06. The number of carbonyl (C=O) groups is 1. The number of amides is 1. The summed E-state index contributed by atoms with van der Waals surface area (Å²) in [4.78, 5) is 12.5. The molecule has 3 N–H and O–H groups in total. The van der Waals surface area contributed by atoms with Gasteiger partial charge >= 0.3 is 0 Å². The number of methoxy groups -OCH3 is 1. The van der Waals surface area contributed by atoms with E-state index in [0.29, 0.717) is 22.7 Å². The monoisotopic (exact) mass is 326 g/mol. The minimum atomic E-state index is -0.230. The maximum atomic E-state index is 12.5. The Labute approximate surface area is 141 Å². The Kier molecular flexibility index (Phi) is 4.89. The molecule has 0 radical (unpaired) electrons. The number of nitrogen functional groups attached to an aromatic ring is 1. The van der Waals surface area contributed by atoms with Crippen molar-refractivity contribution in [2.75, 3.05) is 18.2 Å². The number of hydrogen-bond acceptors (Lipinski definition) is 4. The Morgan fingerprint density at radius 2 is 1.92 bits per heavy atom. The van der Waals surface area contributed by atoms with Crippen LogP contribution in [-0.4, -0.2) is 19.1 Å². The first-order valence-electron chi connectivity index (χ1n) is 8.17. The van der Waals surface area contributed by atoms with Gasteiger partial charge in [-0.05, 0) is 56.0 Å². The summed E-state index contributed by atoms with van der Waals surface area (Å²) in [5.74, 6) is 1.14. The number of anilines is 2. The van der Waals surface area contributed by atoms with Gasteiger partial charge in [-0.2, -0.15) is 0 Å². The van der Waals surface area contributed by atoms with Crippen LogP contribution in [0.5, 0.6) is 11.5 Å². The van der Waals surface area contributed by atoms with Crippen LogP contribution in [0.15, 0.2) is 42.5 Å². The lowest BCUT2D eigenvalue weighted by Crippen LogP contribution is -2.14. The van der Waals surface area contributed by atoms with Gasteiger partial charge in [0.15, 0.2) is 0 Å². The molecule has 2 aromatic carbocycles. The molecule has 5 heteroatoms. The number of carbonyl (C=O) groups excluding carboxylic acids is 1. The third-order valence-corrected chi connectivity index (χ3v) is 4.21. The highest BCUT2D eigenvalue weighted by atomic mass is 16.5. The minimum absolute atomic E-state index is 0.230. The lowest BCUT2D eigenvalue weighted by Gasteiger charge is -2.14. The molecule has 5 nitrogen and oxygen atoms in total. The fourth-order valence-corrected chi connectivity index (χ4v) is 2.87. The maximum absolute atomic E-state index is 12.5. The van der Waals surface area contributed by atoms with Gasteiger partial charge in [-0.25, -0.2) is 0 Å². The Morgan fingerprint density at radius 1 is 1.12 bits per heavy atom. The van der Waals surface area contributed by atoms with E-state index >= 15 is 0 Å². The van der Waals surface area contributed by atoms with E-state index < -0.39 is 0 Å². The second-order valence-corrected chi connectivity index (χ2v) is 5.96. The van der Waals surface area contributed by atoms with E-state index in [1.54, 1.807) is 37.4 Å². The fraction of sp³-hybridized carbons (Fsp3) is 0.316. The van der Waals surface area contributed by atoms with Crippen LogP contribution >= 0.6 is 0 Å². The lowest BCUT2D eigenvalue weighted by molar-refractivity contribution is 0.102. The number of benzene rings is 2. The van der Waals surface area contributed by atoms with Crippen molar-refractivity contribution < 1.29 is 14.3 Å². The van der Waals surface area contributed by atoms with Crippen molar-refractivity contribution in [3.8, 4) is 11.5 Å². The molecule has 1 saturated carbocycles. The van der Waals surface area contributed by atoms with Gasteiger partial charge in [0, 0.05) is 11.6 Å². The molecule has 3 rings (SSSR count). The van der Waals surface area contributed by atoms with Gasteiger partial charge < -0.3 is 20.5 Å². The first kappa shape index (κ1) is 16.2. The van der Waals surface area contributed by atoms with Crippen LogP contribution in [0.25, 0.3) is 0 Å². The van der Waals surface area contributed by atoms with Crippen LogP contribution in [0, 0.1) is 0 Å². The minimum Gasteiger partial charge on any atom is -0.497 e. The fourth-order valence-electron chi connectivity index (χ4n) is 2.87. The third-order valence-electron chi connectivity index (χ3n) is 4.21. The average Bonchev–Trinajstić information content (AvgIpc) is 3.10. The van der Waals surface area contributed by atoms with E-state index in [1.807, 2.05) is 12.1 Å². The topological polar surface area (TPSA) is 73.6 Å². The zero-order chi connectivity index (χ0) is 16.9. The molecule has 0 atom stereocenters. The highest BCUT2D eigenvalue weighted by Crippen LogP contribution is 2.27. The molecule has 126 valence electrons. The number of rotatable bonds is 5. The van der Waals surface area contributed by atoms with Crippen molar-refractivity contribution in [1.29, 1.82) is 0 Å². The van der Waals surface area contributed by atoms with Gasteiger partial charge in [0.25, 0.3) is 5.91 Å². The largest absolute Gasteiger partial charge is 0.497 e. The van der Waals surface area contributed by atoms with Crippen LogP contribution in [0.2, 0.25) is 0 Å². The molecular weight excluding hydrogens is 304 g/mol. The van der Waals surface area contributed by atoms with Crippen molar-refractivity contribution in [2.24, 2.45) is 0 Å². The second kappa shape index (κ2) is 7.25. The van der Waals surface area contributed by atoms with E-state index in [0.717, 1.165) is 18.6 Å². The zero-order valence-electron chi connectivity index (χ0n) is 13.7. The third kappa shape index (κ3) is 3.79. The Morgan fingerprint density at radius 3 is 2.67 bits per heavy atom. The van der Waals surface area contributed by atoms with Crippen LogP contribution < -0.4 is 20.5 Å². The summed E-state index contributed by atoms with van der Waals surface area (Å²) in [7, 11) is 1.57. The summed E-state index contributed by atoms with van der Waals surface area (Å²) < 4.78 is 11.1. The van der Waals surface area contributed by atoms with Gasteiger partial charge in [0.2, 0.25) is 0 Å². The van der Waals surface area contributed by atoms with Gasteiger partial charge in [0.1, 0.15) is 11.5 Å². The Hall–Kier alpha value is -2.69. The second-order valence-electron chi connectivity index (χ2n) is 5.96. The van der Waals surface area contributed by atoms with Crippen LogP contribution in [-0.2, 0) is 0 Å². The summed E-state index contributed by atoms with van der Waals surface area (Å²) in [6, 6.07) is 12.4. The predicted molar refractivity (Wildman–Crippen MR) is 94.7 cm³/mol. The molecule has 0 unspecified atom stereocenters. The summed E-state index contributed by atoms with van der Waals surface area (Å²) in [5, 5.41) is 2.82. The summed E-state index contributed by atoms with van der Waals surface area (Å²) in [5.41, 5.74) is 7.47. The predicted octanol–water partition coefficient (Wildman–Crippen LogP) is 3.85. The standard InChI is InChI=1S/C19H22N2O3/c1-23-15-9-10-17(20)18(12-15)21-19(22)13-5-4-8-16(11-13)24-14-6-2-3-7-14/h4-5,8-12,14H,2-3,6-7,20H2,1H3,(H,21,22). The Balaban J connectivity index is 1.72. The van der Waals surface area contributed by atoms with Crippen molar-refractivity contribution in [1.82, 2.24) is 0 Å². The molecule has 0 bridgehead atoms. The van der Waals surface area contributed by atoms with Gasteiger partial charge in [-0.3, -0.25) is 4.79 Å². The van der Waals surface area contributed by atoms with E-state index in [9.17, 15) is 4.79 Å². The van der Waals surface area contributed by atoms with Crippen molar-refractivity contribution in [3.05, 3.63) is 48.0 Å². The molecule has 1 fully saturated rings. The molecule has 1 amide bonds. The summed E-state index contributed by atoms with van der Waals surface area (Å²) >= 11 is 0. The van der Waals surface area contributed by atoms with Gasteiger partial charge in [0.05, 0.1) is 24.6 Å². The van der Waals surface area contributed by atoms with Gasteiger partial charge in [-0.1, -0.05) is 6.07 Å². The SMILES string of the molecule is COc1ccc(N)c(NC(=O)c2cccc(OC3CCCC3)c2)c1. The van der Waals surface area contributed by atoms with Crippen molar-refractivity contribution in [3.63, 3.8) is 0 Å². The first-order chi connectivity index (χ1) is 11.7. The van der Waals surface area contributed by atoms with Crippen molar-refractivity contribution in [2.45, 2.75) is 31.8 Å². The summed E-state index contributed by atoms with van der Waals surface area (Å²) in [6.45, 7) is 0. The Bertz CT molecular complexity index is 724. The number of nitrogens with two attached hydrogens (primary N) is 1. The van der Waals surface area contributed by atoms with E-state index in [4.69, 9.17) is 15.2 Å². The molecule has 0 heterocycles. The first-order valence-corrected chi connectivity index (χ1v) is 8.17.